The Morgan fingerprint density at radius 1 is 0.889 bits per heavy atom. The van der Waals surface area contributed by atoms with Crippen LogP contribution < -0.4 is 0 Å². The first-order valence-corrected chi connectivity index (χ1v) is 11.6. The van der Waals surface area contributed by atoms with Gasteiger partial charge in [-0.15, -0.1) is 0 Å². The average molecular weight is 389 g/mol. The fraction of sp³-hybridized carbons (Fsp3) is 0.667. The molecule has 0 unspecified atom stereocenters. The molecule has 0 saturated heterocycles. The molecule has 0 aliphatic rings. The Balaban J connectivity index is 0. The molecule has 9 heavy (non-hydrogen) atoms. The van der Waals surface area contributed by atoms with E-state index in [1.165, 1.54) is 11.1 Å². The predicted octanol–water partition coefficient (Wildman–Crippen LogP) is 4.13. The molecule has 0 aromatic rings. The fourth-order valence-corrected chi connectivity index (χ4v) is 0. The van der Waals surface area contributed by atoms with Crippen LogP contribution in [0.5, 0.6) is 0 Å². The maximum atomic E-state index is 2.37. The second kappa shape index (κ2) is 9.78. The summed E-state index contributed by atoms with van der Waals surface area (Å²) >= 11 is 4.74. The summed E-state index contributed by atoms with van der Waals surface area (Å²) in [7, 11) is 0.628. The van der Waals surface area contributed by atoms with Crippen LogP contribution in [0.2, 0.25) is 0 Å². The van der Waals surface area contributed by atoms with Crippen LogP contribution >= 0.6 is 40.0 Å². The van der Waals surface area contributed by atoms with Crippen LogP contribution in [-0.2, 0) is 9.47 Å². The van der Waals surface area contributed by atoms with Gasteiger partial charge >= 0.3 is 49.4 Å². The molecule has 0 aromatic heterocycles. The van der Waals surface area contributed by atoms with Crippen LogP contribution in [0.3, 0.4) is 0 Å². The normalized spacial score (nSPS) is 6.89. The Kier molecular flexibility index (Phi) is 14.5. The fourth-order valence-electron chi connectivity index (χ4n) is 0. The Labute approximate surface area is 87.1 Å². The maximum absolute atomic E-state index is 2.37. The number of rotatable bonds is 0. The molecule has 0 heterocycles. The van der Waals surface area contributed by atoms with Crippen LogP contribution in [0.4, 0.5) is 0 Å². The monoisotopic (exact) mass is 389 g/mol. The van der Waals surface area contributed by atoms with Crippen LogP contribution in [0.1, 0.15) is 27.7 Å². The molecule has 0 nitrogen and oxygen atoms in total. The zero-order chi connectivity index (χ0) is 7.86. The van der Waals surface area contributed by atoms with Gasteiger partial charge in [0.05, 0.1) is 0 Å². The van der Waals surface area contributed by atoms with Crippen LogP contribution in [-0.4, -0.2) is 0 Å². The zero-order valence-electron chi connectivity index (χ0n) is 6.20. The van der Waals surface area contributed by atoms with Crippen molar-refractivity contribution in [2.24, 2.45) is 0 Å². The van der Waals surface area contributed by atoms with Crippen molar-refractivity contribution in [2.75, 3.05) is 0 Å². The molecule has 0 saturated carbocycles. The number of hydrogen-bond donors (Lipinski definition) is 0. The molecule has 0 fully saturated rings. The van der Waals surface area contributed by atoms with E-state index < -0.39 is 0 Å². The first-order chi connectivity index (χ1) is 4.06. The number of halogens is 2. The second-order valence-corrected chi connectivity index (χ2v) is 13.9. The first-order valence-electron chi connectivity index (χ1n) is 2.59. The molecule has 0 atom stereocenters. The van der Waals surface area contributed by atoms with Gasteiger partial charge in [0.2, 0.25) is 0 Å². The third-order valence-corrected chi connectivity index (χ3v) is 1.00. The van der Waals surface area contributed by atoms with E-state index in [0.717, 1.165) is 0 Å². The summed E-state index contributed by atoms with van der Waals surface area (Å²) in [5.74, 6) is 0. The molecular formula is C6H12I2V. The molecule has 0 amide bonds. The van der Waals surface area contributed by atoms with E-state index in [2.05, 4.69) is 67.7 Å². The van der Waals surface area contributed by atoms with E-state index >= 15 is 0 Å². The minimum atomic E-state index is 0.628. The molecule has 0 rings (SSSR count). The summed E-state index contributed by atoms with van der Waals surface area (Å²) in [6, 6.07) is 0. The summed E-state index contributed by atoms with van der Waals surface area (Å²) in [6.45, 7) is 8.48. The number of hydrogen-bond acceptors (Lipinski definition) is 0. The molecule has 0 spiro atoms. The Bertz CT molecular complexity index is 71.1. The SMILES string of the molecule is CC(C)=C(C)C.[I][V][I]. The summed E-state index contributed by atoms with van der Waals surface area (Å²) in [4.78, 5) is 0. The molecule has 0 aliphatic carbocycles. The summed E-state index contributed by atoms with van der Waals surface area (Å²) in [5.41, 5.74) is 2.85. The zero-order valence-corrected chi connectivity index (χ0v) is 11.9. The van der Waals surface area contributed by atoms with E-state index in [1.807, 2.05) is 0 Å². The average Bonchev–Trinajstić information content (AvgIpc) is 1.68. The van der Waals surface area contributed by atoms with Gasteiger partial charge in [0, 0.05) is 0 Å². The van der Waals surface area contributed by atoms with Gasteiger partial charge in [-0.05, 0) is 27.7 Å². The van der Waals surface area contributed by atoms with Gasteiger partial charge in [0.15, 0.2) is 0 Å². The van der Waals surface area contributed by atoms with Crippen molar-refractivity contribution in [3.8, 4) is 0 Å². The van der Waals surface area contributed by atoms with Gasteiger partial charge in [0.1, 0.15) is 0 Å². The van der Waals surface area contributed by atoms with E-state index in [1.54, 1.807) is 0 Å². The van der Waals surface area contributed by atoms with E-state index in [4.69, 9.17) is 0 Å². The minimum absolute atomic E-state index is 0.628. The van der Waals surface area contributed by atoms with Crippen molar-refractivity contribution in [3.63, 3.8) is 0 Å². The van der Waals surface area contributed by atoms with E-state index in [0.29, 0.717) is 9.47 Å². The molecule has 55 valence electrons. The quantitative estimate of drug-likeness (QED) is 0.432. The topological polar surface area (TPSA) is 0 Å². The molecule has 0 aromatic carbocycles. The third kappa shape index (κ3) is 17.7. The van der Waals surface area contributed by atoms with Crippen molar-refractivity contribution in [3.05, 3.63) is 11.1 Å². The Morgan fingerprint density at radius 2 is 1.00 bits per heavy atom. The van der Waals surface area contributed by atoms with Gasteiger partial charge in [-0.2, -0.15) is 0 Å². The van der Waals surface area contributed by atoms with Crippen molar-refractivity contribution < 1.29 is 9.47 Å². The van der Waals surface area contributed by atoms with Gasteiger partial charge in [-0.25, -0.2) is 0 Å². The van der Waals surface area contributed by atoms with E-state index in [9.17, 15) is 0 Å². The summed E-state index contributed by atoms with van der Waals surface area (Å²) < 4.78 is 0. The van der Waals surface area contributed by atoms with E-state index in [-0.39, 0.29) is 0 Å². The summed E-state index contributed by atoms with van der Waals surface area (Å²) in [5, 5.41) is 0. The van der Waals surface area contributed by atoms with Gasteiger partial charge < -0.3 is 0 Å². The molecule has 0 bridgehead atoms. The van der Waals surface area contributed by atoms with Crippen LogP contribution in [0.15, 0.2) is 11.1 Å². The first kappa shape index (κ1) is 13.4. The molecule has 3 heteroatoms. The van der Waals surface area contributed by atoms with Gasteiger partial charge in [-0.3, -0.25) is 0 Å². The Hall–Kier alpha value is 1.78. The Morgan fingerprint density at radius 3 is 1.00 bits per heavy atom. The molecule has 0 radical (unpaired) electrons. The van der Waals surface area contributed by atoms with Crippen molar-refractivity contribution in [2.45, 2.75) is 27.7 Å². The van der Waals surface area contributed by atoms with Crippen LogP contribution in [0, 0.1) is 0 Å². The molecule has 0 N–H and O–H groups in total. The van der Waals surface area contributed by atoms with Crippen LogP contribution in [0.25, 0.3) is 0 Å². The van der Waals surface area contributed by atoms with Crippen molar-refractivity contribution in [1.82, 2.24) is 0 Å². The van der Waals surface area contributed by atoms with Gasteiger partial charge in [-0.1, -0.05) is 11.1 Å². The predicted molar refractivity (Wildman–Crippen MR) is 57.8 cm³/mol. The van der Waals surface area contributed by atoms with Crippen molar-refractivity contribution in [1.29, 1.82) is 0 Å². The summed E-state index contributed by atoms with van der Waals surface area (Å²) in [6.07, 6.45) is 0. The van der Waals surface area contributed by atoms with Crippen molar-refractivity contribution >= 4 is 40.0 Å². The standard InChI is InChI=1S/C6H12.2HI.V/c1-5(2)6(3)4;;;/h1-4H3;2*1H;/q;;;+2/p-2. The molecule has 0 aliphatic heterocycles. The molecular weight excluding hydrogens is 377 g/mol. The number of allylic oxidation sites excluding steroid dienone is 2. The van der Waals surface area contributed by atoms with Gasteiger partial charge in [0.25, 0.3) is 0 Å². The second-order valence-electron chi connectivity index (χ2n) is 2.06. The third-order valence-electron chi connectivity index (χ3n) is 1.00.